The molecular weight excluding hydrogens is 346 g/mol. The van der Waals surface area contributed by atoms with Crippen molar-refractivity contribution in [2.24, 2.45) is 0 Å². The van der Waals surface area contributed by atoms with Crippen molar-refractivity contribution in [1.29, 1.82) is 0 Å². The molecule has 2 aromatic rings. The minimum atomic E-state index is -0.845. The number of benzene rings is 1. The minimum absolute atomic E-state index is 0.329. The van der Waals surface area contributed by atoms with Crippen molar-refractivity contribution >= 4 is 17.7 Å². The van der Waals surface area contributed by atoms with Gasteiger partial charge >= 0.3 is 12.1 Å². The molecule has 0 atom stereocenters. The number of hydrogen-bond acceptors (Lipinski definition) is 4. The number of aromatic amines is 1. The van der Waals surface area contributed by atoms with Crippen molar-refractivity contribution < 1.29 is 19.4 Å². The summed E-state index contributed by atoms with van der Waals surface area (Å²) in [6.07, 6.45) is 2.51. The number of carbonyl (C=O) groups excluding carboxylic acids is 1. The van der Waals surface area contributed by atoms with Crippen molar-refractivity contribution in [1.82, 2.24) is 9.88 Å². The number of anilines is 1. The molecule has 3 N–H and O–H groups in total. The molecule has 1 aliphatic heterocycles. The molecule has 1 fully saturated rings. The molecule has 0 unspecified atom stereocenters. The van der Waals surface area contributed by atoms with Gasteiger partial charge in [0, 0.05) is 25.8 Å². The molecule has 1 aromatic carbocycles. The zero-order chi connectivity index (χ0) is 19.2. The number of carboxylic acid groups (broad SMARTS) is 1. The third-order valence-electron chi connectivity index (χ3n) is 4.96. The van der Waals surface area contributed by atoms with E-state index < -0.39 is 6.09 Å². The Kier molecular flexibility index (Phi) is 6.01. The van der Waals surface area contributed by atoms with Crippen molar-refractivity contribution in [3.8, 4) is 0 Å². The summed E-state index contributed by atoms with van der Waals surface area (Å²) in [4.78, 5) is 27.5. The number of carbonyl (C=O) groups is 2. The van der Waals surface area contributed by atoms with Crippen molar-refractivity contribution in [3.63, 3.8) is 0 Å². The van der Waals surface area contributed by atoms with Gasteiger partial charge in [0.1, 0.15) is 5.69 Å². The summed E-state index contributed by atoms with van der Waals surface area (Å²) in [5.74, 6) is -0.0336. The molecule has 27 heavy (non-hydrogen) atoms. The standard InChI is InChI=1S/C20H25N3O4/c1-2-27-19(24)18-17(7-10-21-18)22-13-15-5-3-4-6-16(15)14-8-11-23(12-9-14)20(25)26/h3-7,10,14,21-22H,2,8-9,11-13H2,1H3,(H,25,26). The molecule has 1 aromatic heterocycles. The summed E-state index contributed by atoms with van der Waals surface area (Å²) in [6, 6.07) is 10.0. The van der Waals surface area contributed by atoms with Gasteiger partial charge in [-0.05, 0) is 42.9 Å². The maximum atomic E-state index is 12.0. The predicted octanol–water partition coefficient (Wildman–Crippen LogP) is 3.66. The first-order valence-electron chi connectivity index (χ1n) is 9.24. The highest BCUT2D eigenvalue weighted by molar-refractivity contribution is 5.93. The highest BCUT2D eigenvalue weighted by atomic mass is 16.5. The number of aromatic nitrogens is 1. The fraction of sp³-hybridized carbons (Fsp3) is 0.400. The van der Waals surface area contributed by atoms with Crippen LogP contribution in [0.5, 0.6) is 0 Å². The van der Waals surface area contributed by atoms with E-state index in [2.05, 4.69) is 22.4 Å². The van der Waals surface area contributed by atoms with Crippen LogP contribution in [0.25, 0.3) is 0 Å². The van der Waals surface area contributed by atoms with Gasteiger partial charge in [-0.25, -0.2) is 9.59 Å². The summed E-state index contributed by atoms with van der Waals surface area (Å²) < 4.78 is 5.06. The quantitative estimate of drug-likeness (QED) is 0.674. The van der Waals surface area contributed by atoms with Crippen molar-refractivity contribution in [2.45, 2.75) is 32.2 Å². The zero-order valence-corrected chi connectivity index (χ0v) is 15.4. The van der Waals surface area contributed by atoms with E-state index in [1.165, 1.54) is 10.5 Å². The first-order valence-corrected chi connectivity index (χ1v) is 9.24. The van der Waals surface area contributed by atoms with Gasteiger partial charge in [0.15, 0.2) is 0 Å². The maximum absolute atomic E-state index is 12.0. The number of likely N-dealkylation sites (tertiary alicyclic amines) is 1. The number of rotatable bonds is 6. The summed E-state index contributed by atoms with van der Waals surface area (Å²) in [5.41, 5.74) is 3.53. The highest BCUT2D eigenvalue weighted by Crippen LogP contribution is 2.31. The van der Waals surface area contributed by atoms with E-state index in [-0.39, 0.29) is 5.97 Å². The second kappa shape index (κ2) is 8.62. The topological polar surface area (TPSA) is 94.7 Å². The number of H-pyrrole nitrogens is 1. The van der Waals surface area contributed by atoms with E-state index >= 15 is 0 Å². The van der Waals surface area contributed by atoms with Crippen LogP contribution in [0.15, 0.2) is 36.5 Å². The molecule has 144 valence electrons. The lowest BCUT2D eigenvalue weighted by Crippen LogP contribution is -2.37. The Bertz CT molecular complexity index is 794. The molecule has 1 aliphatic rings. The smallest absolute Gasteiger partial charge is 0.407 e. The first kappa shape index (κ1) is 18.8. The zero-order valence-electron chi connectivity index (χ0n) is 15.4. The first-order chi connectivity index (χ1) is 13.1. The summed E-state index contributed by atoms with van der Waals surface area (Å²) in [6.45, 7) is 3.81. The largest absolute Gasteiger partial charge is 0.465 e. The second-order valence-electron chi connectivity index (χ2n) is 6.58. The Morgan fingerprint density at radius 3 is 2.70 bits per heavy atom. The molecule has 7 nitrogen and oxygen atoms in total. The highest BCUT2D eigenvalue weighted by Gasteiger charge is 2.24. The summed E-state index contributed by atoms with van der Waals surface area (Å²) in [7, 11) is 0. The summed E-state index contributed by atoms with van der Waals surface area (Å²) in [5, 5.41) is 12.4. The van der Waals surface area contributed by atoms with Crippen LogP contribution >= 0.6 is 0 Å². The molecular formula is C20H25N3O4. The minimum Gasteiger partial charge on any atom is -0.465 e. The monoisotopic (exact) mass is 371 g/mol. The normalized spacial score (nSPS) is 14.8. The summed E-state index contributed by atoms with van der Waals surface area (Å²) >= 11 is 0. The van der Waals surface area contributed by atoms with Gasteiger partial charge in [-0.15, -0.1) is 0 Å². The molecule has 2 heterocycles. The average molecular weight is 371 g/mol. The Labute approximate surface area is 158 Å². The van der Waals surface area contributed by atoms with Crippen LogP contribution in [0.4, 0.5) is 10.5 Å². The van der Waals surface area contributed by atoms with Crippen LogP contribution in [0.2, 0.25) is 0 Å². The van der Waals surface area contributed by atoms with E-state index in [1.54, 1.807) is 13.1 Å². The van der Waals surface area contributed by atoms with Gasteiger partial charge < -0.3 is 25.0 Å². The molecule has 0 saturated carbocycles. The van der Waals surface area contributed by atoms with Crippen LogP contribution < -0.4 is 5.32 Å². The van der Waals surface area contributed by atoms with Gasteiger partial charge in [-0.2, -0.15) is 0 Å². The van der Waals surface area contributed by atoms with Gasteiger partial charge in [0.05, 0.1) is 12.3 Å². The lowest BCUT2D eigenvalue weighted by atomic mass is 9.86. The van der Waals surface area contributed by atoms with Gasteiger partial charge in [-0.1, -0.05) is 24.3 Å². The number of piperidine rings is 1. The fourth-order valence-corrected chi connectivity index (χ4v) is 3.55. The molecule has 0 bridgehead atoms. The van der Waals surface area contributed by atoms with E-state index in [0.29, 0.717) is 43.5 Å². The fourth-order valence-electron chi connectivity index (χ4n) is 3.55. The van der Waals surface area contributed by atoms with Crippen LogP contribution in [0, 0.1) is 0 Å². The van der Waals surface area contributed by atoms with Crippen molar-refractivity contribution in [3.05, 3.63) is 53.3 Å². The molecule has 7 heteroatoms. The van der Waals surface area contributed by atoms with Crippen molar-refractivity contribution in [2.75, 3.05) is 25.0 Å². The number of hydrogen-bond donors (Lipinski definition) is 3. The number of amides is 1. The van der Waals surface area contributed by atoms with Crippen LogP contribution in [0.3, 0.4) is 0 Å². The molecule has 3 rings (SSSR count). The van der Waals surface area contributed by atoms with E-state index in [0.717, 1.165) is 18.4 Å². The van der Waals surface area contributed by atoms with E-state index in [9.17, 15) is 9.59 Å². The van der Waals surface area contributed by atoms with E-state index in [1.807, 2.05) is 18.2 Å². The maximum Gasteiger partial charge on any atom is 0.407 e. The Hall–Kier alpha value is -2.96. The molecule has 1 amide bonds. The number of nitrogens with zero attached hydrogens (tertiary/aromatic N) is 1. The Morgan fingerprint density at radius 1 is 1.26 bits per heavy atom. The number of nitrogens with one attached hydrogen (secondary N) is 2. The van der Waals surface area contributed by atoms with E-state index in [4.69, 9.17) is 9.84 Å². The van der Waals surface area contributed by atoms with Crippen LogP contribution in [-0.4, -0.2) is 46.7 Å². The Morgan fingerprint density at radius 2 is 2.00 bits per heavy atom. The second-order valence-corrected chi connectivity index (χ2v) is 6.58. The van der Waals surface area contributed by atoms with Gasteiger partial charge in [0.2, 0.25) is 0 Å². The third kappa shape index (κ3) is 4.42. The third-order valence-corrected chi connectivity index (χ3v) is 4.96. The Balaban J connectivity index is 1.68. The lowest BCUT2D eigenvalue weighted by molar-refractivity contribution is 0.0521. The molecule has 0 spiro atoms. The molecule has 0 radical (unpaired) electrons. The average Bonchev–Trinajstić information content (AvgIpc) is 3.15. The number of ether oxygens (including phenoxy) is 1. The SMILES string of the molecule is CCOC(=O)c1[nH]ccc1NCc1ccccc1C1CCN(C(=O)O)CC1. The molecule has 1 saturated heterocycles. The number of esters is 1. The van der Waals surface area contributed by atoms with Gasteiger partial charge in [0.25, 0.3) is 0 Å². The van der Waals surface area contributed by atoms with Crippen LogP contribution in [-0.2, 0) is 11.3 Å². The predicted molar refractivity (Wildman–Crippen MR) is 102 cm³/mol. The van der Waals surface area contributed by atoms with Gasteiger partial charge in [-0.3, -0.25) is 0 Å². The lowest BCUT2D eigenvalue weighted by Gasteiger charge is -2.31. The molecule has 0 aliphatic carbocycles. The van der Waals surface area contributed by atoms with Crippen LogP contribution in [0.1, 0.15) is 47.3 Å².